The van der Waals surface area contributed by atoms with Gasteiger partial charge in [-0.15, -0.1) is 24.0 Å². The van der Waals surface area contributed by atoms with Gasteiger partial charge < -0.3 is 30.3 Å². The third-order valence-corrected chi connectivity index (χ3v) is 5.16. The van der Waals surface area contributed by atoms with Crippen molar-refractivity contribution in [2.45, 2.75) is 65.0 Å². The summed E-state index contributed by atoms with van der Waals surface area (Å²) in [5.74, 6) is 0.869. The largest absolute Gasteiger partial charge is 0.450 e. The second-order valence-electron chi connectivity index (χ2n) is 8.74. The second-order valence-corrected chi connectivity index (χ2v) is 8.74. The van der Waals surface area contributed by atoms with E-state index in [0.29, 0.717) is 51.2 Å². The molecule has 174 valence electrons. The first kappa shape index (κ1) is 26.6. The molecule has 0 spiro atoms. The third-order valence-electron chi connectivity index (χ3n) is 5.16. The Bertz CT molecular complexity index is 580. The monoisotopic (exact) mass is 539 g/mol. The van der Waals surface area contributed by atoms with Crippen LogP contribution >= 0.6 is 24.0 Å². The molecule has 0 bridgehead atoms. The maximum absolute atomic E-state index is 12.1. The summed E-state index contributed by atoms with van der Waals surface area (Å²) in [6.07, 6.45) is 2.95. The number of hydrogen-bond donors (Lipinski definition) is 2. The zero-order valence-electron chi connectivity index (χ0n) is 18.7. The minimum Gasteiger partial charge on any atom is -0.450 e. The van der Waals surface area contributed by atoms with Crippen LogP contribution in [-0.4, -0.2) is 78.9 Å². The van der Waals surface area contributed by atoms with Crippen LogP contribution in [0.4, 0.5) is 9.59 Å². The number of ether oxygens (including phenoxy) is 2. The number of nitrogens with two attached hydrogens (primary N) is 1. The van der Waals surface area contributed by atoms with Gasteiger partial charge in [0.15, 0.2) is 5.96 Å². The van der Waals surface area contributed by atoms with E-state index in [4.69, 9.17) is 15.2 Å². The van der Waals surface area contributed by atoms with E-state index in [1.165, 1.54) is 0 Å². The smallest absolute Gasteiger partial charge is 0.410 e. The number of amides is 2. The Labute approximate surface area is 197 Å². The van der Waals surface area contributed by atoms with Crippen molar-refractivity contribution < 1.29 is 19.1 Å². The van der Waals surface area contributed by atoms with Gasteiger partial charge in [-0.1, -0.05) is 0 Å². The summed E-state index contributed by atoms with van der Waals surface area (Å²) < 4.78 is 10.5. The van der Waals surface area contributed by atoms with Gasteiger partial charge in [0.05, 0.1) is 6.61 Å². The maximum atomic E-state index is 12.1. The molecule has 30 heavy (non-hydrogen) atoms. The molecule has 0 saturated carbocycles. The van der Waals surface area contributed by atoms with E-state index in [2.05, 4.69) is 10.3 Å². The van der Waals surface area contributed by atoms with Gasteiger partial charge in [-0.3, -0.25) is 4.99 Å². The molecule has 9 nitrogen and oxygen atoms in total. The molecular formula is C20H38IN5O4. The Morgan fingerprint density at radius 2 is 1.57 bits per heavy atom. The fraction of sp³-hybridized carbons (Fsp3) is 0.850. The average molecular weight is 539 g/mol. The van der Waals surface area contributed by atoms with Crippen LogP contribution in [0.15, 0.2) is 4.99 Å². The van der Waals surface area contributed by atoms with Crippen LogP contribution in [0.5, 0.6) is 0 Å². The molecule has 0 aromatic carbocycles. The van der Waals surface area contributed by atoms with E-state index >= 15 is 0 Å². The topological polar surface area (TPSA) is 109 Å². The van der Waals surface area contributed by atoms with Crippen molar-refractivity contribution in [2.24, 2.45) is 16.6 Å². The molecule has 2 rings (SSSR count). The van der Waals surface area contributed by atoms with E-state index in [0.717, 1.165) is 25.7 Å². The molecule has 2 fully saturated rings. The third kappa shape index (κ3) is 9.13. The van der Waals surface area contributed by atoms with Crippen molar-refractivity contribution in [3.05, 3.63) is 0 Å². The number of carbonyl (C=O) groups is 2. The van der Waals surface area contributed by atoms with Gasteiger partial charge in [-0.2, -0.15) is 0 Å². The molecule has 2 saturated heterocycles. The number of piperidine rings is 2. The summed E-state index contributed by atoms with van der Waals surface area (Å²) in [5.41, 5.74) is 5.59. The minimum atomic E-state index is -0.467. The van der Waals surface area contributed by atoms with E-state index in [9.17, 15) is 9.59 Å². The lowest BCUT2D eigenvalue weighted by atomic mass is 9.97. The fourth-order valence-corrected chi connectivity index (χ4v) is 3.53. The molecule has 10 heteroatoms. The highest BCUT2D eigenvalue weighted by Crippen LogP contribution is 2.20. The minimum absolute atomic E-state index is 0. The summed E-state index contributed by atoms with van der Waals surface area (Å²) in [6.45, 7) is 11.2. The fourth-order valence-electron chi connectivity index (χ4n) is 3.53. The van der Waals surface area contributed by atoms with Gasteiger partial charge in [0.2, 0.25) is 0 Å². The normalized spacial score (nSPS) is 19.1. The predicted molar refractivity (Wildman–Crippen MR) is 127 cm³/mol. The highest BCUT2D eigenvalue weighted by Gasteiger charge is 2.27. The van der Waals surface area contributed by atoms with Crippen molar-refractivity contribution in [2.75, 3.05) is 39.3 Å². The molecule has 3 N–H and O–H groups in total. The van der Waals surface area contributed by atoms with Gasteiger partial charge in [0.25, 0.3) is 0 Å². The average Bonchev–Trinajstić information content (AvgIpc) is 2.66. The number of hydrogen-bond acceptors (Lipinski definition) is 5. The number of rotatable bonds is 4. The molecule has 0 atom stereocenters. The molecular weight excluding hydrogens is 501 g/mol. The number of halogens is 1. The van der Waals surface area contributed by atoms with E-state index < -0.39 is 5.60 Å². The summed E-state index contributed by atoms with van der Waals surface area (Å²) in [6, 6.07) is 0.221. The lowest BCUT2D eigenvalue weighted by molar-refractivity contribution is 0.0186. The highest BCUT2D eigenvalue weighted by molar-refractivity contribution is 14.0. The van der Waals surface area contributed by atoms with Crippen molar-refractivity contribution in [1.82, 2.24) is 15.1 Å². The quantitative estimate of drug-likeness (QED) is 0.323. The lowest BCUT2D eigenvalue weighted by Gasteiger charge is -2.33. The number of nitrogens with zero attached hydrogens (tertiary/aromatic N) is 3. The lowest BCUT2D eigenvalue weighted by Crippen LogP contribution is -2.48. The summed E-state index contributed by atoms with van der Waals surface area (Å²) >= 11 is 0. The Morgan fingerprint density at radius 1 is 1.03 bits per heavy atom. The van der Waals surface area contributed by atoms with E-state index in [1.54, 1.807) is 9.80 Å². The van der Waals surface area contributed by atoms with Crippen molar-refractivity contribution in [1.29, 1.82) is 0 Å². The predicted octanol–water partition coefficient (Wildman–Crippen LogP) is 2.78. The molecule has 0 aromatic heterocycles. The van der Waals surface area contributed by atoms with Crippen molar-refractivity contribution in [3.8, 4) is 0 Å². The summed E-state index contributed by atoms with van der Waals surface area (Å²) in [4.78, 5) is 31.9. The first-order valence-corrected chi connectivity index (χ1v) is 10.6. The molecule has 2 aliphatic rings. The summed E-state index contributed by atoms with van der Waals surface area (Å²) in [5, 5.41) is 3.27. The maximum Gasteiger partial charge on any atom is 0.410 e. The molecule has 0 radical (unpaired) electrons. The molecule has 2 amide bonds. The van der Waals surface area contributed by atoms with Crippen molar-refractivity contribution in [3.63, 3.8) is 0 Å². The first-order valence-electron chi connectivity index (χ1n) is 10.6. The molecule has 2 heterocycles. The van der Waals surface area contributed by atoms with Crippen molar-refractivity contribution >= 4 is 42.1 Å². The number of likely N-dealkylation sites (tertiary alicyclic amines) is 2. The van der Waals surface area contributed by atoms with Crippen LogP contribution in [-0.2, 0) is 9.47 Å². The van der Waals surface area contributed by atoms with Gasteiger partial charge in [0.1, 0.15) is 5.60 Å². The highest BCUT2D eigenvalue weighted by atomic mass is 127. The second kappa shape index (κ2) is 12.4. The molecule has 0 unspecified atom stereocenters. The van der Waals surface area contributed by atoms with E-state index in [-0.39, 0.29) is 42.2 Å². The van der Waals surface area contributed by atoms with Crippen LogP contribution in [0.2, 0.25) is 0 Å². The zero-order valence-corrected chi connectivity index (χ0v) is 21.0. The Kier molecular flexibility index (Phi) is 11.0. The molecule has 0 aromatic rings. The van der Waals surface area contributed by atoms with Crippen LogP contribution in [0.3, 0.4) is 0 Å². The van der Waals surface area contributed by atoms with Crippen LogP contribution in [0.25, 0.3) is 0 Å². The standard InChI is InChI=1S/C20H37N5O4.HI/c1-5-28-18(26)24-12-8-16(9-13-24)23-17(21)22-14-15-6-10-25(11-7-15)19(27)29-20(2,3)4;/h15-16H,5-14H2,1-4H3,(H3,21,22,23);1H. The summed E-state index contributed by atoms with van der Waals surface area (Å²) in [7, 11) is 0. The van der Waals surface area contributed by atoms with Gasteiger partial charge in [-0.05, 0) is 59.3 Å². The Balaban J connectivity index is 0.00000450. The number of guanidine groups is 1. The van der Waals surface area contributed by atoms with Gasteiger partial charge in [0, 0.05) is 38.8 Å². The molecule has 2 aliphatic heterocycles. The Morgan fingerprint density at radius 3 is 2.10 bits per heavy atom. The number of carbonyl (C=O) groups excluding carboxylic acids is 2. The zero-order chi connectivity index (χ0) is 21.4. The SMILES string of the molecule is CCOC(=O)N1CCC(NC(N)=NCC2CCN(C(=O)OC(C)(C)C)CC2)CC1.I. The number of aliphatic imine (C=N–C) groups is 1. The Hall–Kier alpha value is -1.46. The van der Waals surface area contributed by atoms with Gasteiger partial charge in [-0.25, -0.2) is 9.59 Å². The number of nitrogens with one attached hydrogen (secondary N) is 1. The molecule has 0 aliphatic carbocycles. The van der Waals surface area contributed by atoms with Gasteiger partial charge >= 0.3 is 12.2 Å². The van der Waals surface area contributed by atoms with Crippen LogP contribution in [0, 0.1) is 5.92 Å². The first-order chi connectivity index (χ1) is 13.7. The van der Waals surface area contributed by atoms with E-state index in [1.807, 2.05) is 27.7 Å². The van der Waals surface area contributed by atoms with Crippen LogP contribution < -0.4 is 11.1 Å². The van der Waals surface area contributed by atoms with Crippen LogP contribution in [0.1, 0.15) is 53.4 Å².